The van der Waals surface area contributed by atoms with Crippen LogP contribution in [0.5, 0.6) is 0 Å². The summed E-state index contributed by atoms with van der Waals surface area (Å²) >= 11 is 0. The largest absolute Gasteiger partial charge is 0.435 e. The normalized spacial score (nSPS) is 21.4. The number of amides is 1. The first kappa shape index (κ1) is 16.1. The second kappa shape index (κ2) is 6.37. The highest BCUT2D eigenvalue weighted by molar-refractivity contribution is 5.78. The van der Waals surface area contributed by atoms with Crippen LogP contribution in [-0.4, -0.2) is 22.2 Å². The third kappa shape index (κ3) is 3.95. The minimum Gasteiger partial charge on any atom is -0.354 e. The summed E-state index contributed by atoms with van der Waals surface area (Å²) in [5.41, 5.74) is -0.213. The third-order valence-electron chi connectivity index (χ3n) is 4.36. The molecule has 1 N–H and O–H groups in total. The number of allylic oxidation sites excluding steroid dienone is 2. The summed E-state index contributed by atoms with van der Waals surface area (Å²) < 4.78 is 39.8. The van der Waals surface area contributed by atoms with Crippen LogP contribution in [0, 0.1) is 5.92 Å². The lowest BCUT2D eigenvalue weighted by molar-refractivity contribution is -0.141. The maximum Gasteiger partial charge on any atom is 0.435 e. The molecule has 2 aliphatic rings. The number of alkyl halides is 3. The van der Waals surface area contributed by atoms with Crippen LogP contribution in [0.1, 0.15) is 49.4 Å². The van der Waals surface area contributed by atoms with Gasteiger partial charge in [0.05, 0.1) is 6.54 Å². The summed E-state index contributed by atoms with van der Waals surface area (Å²) in [5, 5.41) is 6.50. The highest BCUT2D eigenvalue weighted by Gasteiger charge is 2.37. The monoisotopic (exact) mass is 327 g/mol. The number of carbonyl (C=O) groups is 1. The minimum atomic E-state index is -4.42. The summed E-state index contributed by atoms with van der Waals surface area (Å²) in [6.45, 7) is 0.577. The summed E-state index contributed by atoms with van der Waals surface area (Å²) in [4.78, 5) is 12.0. The van der Waals surface area contributed by atoms with Crippen molar-refractivity contribution in [1.29, 1.82) is 0 Å². The van der Waals surface area contributed by atoms with Gasteiger partial charge in [-0.2, -0.15) is 18.3 Å². The van der Waals surface area contributed by atoms with Crippen molar-refractivity contribution >= 4 is 5.91 Å². The molecule has 7 heteroatoms. The Kier molecular flexibility index (Phi) is 4.46. The van der Waals surface area contributed by atoms with Gasteiger partial charge in [-0.05, 0) is 38.2 Å². The minimum absolute atomic E-state index is 0.0220. The van der Waals surface area contributed by atoms with E-state index in [9.17, 15) is 18.0 Å². The molecule has 1 aromatic heterocycles. The summed E-state index contributed by atoms with van der Waals surface area (Å²) in [6.07, 6.45) is 3.92. The number of hydrogen-bond acceptors (Lipinski definition) is 2. The van der Waals surface area contributed by atoms with Gasteiger partial charge in [-0.3, -0.25) is 9.48 Å². The van der Waals surface area contributed by atoms with Gasteiger partial charge in [0, 0.05) is 24.1 Å². The predicted molar refractivity (Wildman–Crippen MR) is 78.7 cm³/mol. The number of halogens is 3. The van der Waals surface area contributed by atoms with Crippen LogP contribution in [0.3, 0.4) is 0 Å². The van der Waals surface area contributed by atoms with E-state index in [4.69, 9.17) is 0 Å². The maximum atomic E-state index is 12.8. The number of nitrogens with zero attached hydrogens (tertiary/aromatic N) is 2. The van der Waals surface area contributed by atoms with Crippen molar-refractivity contribution in [3.05, 3.63) is 29.6 Å². The fourth-order valence-electron chi connectivity index (χ4n) is 2.92. The highest BCUT2D eigenvalue weighted by Crippen LogP contribution is 2.42. The van der Waals surface area contributed by atoms with Crippen molar-refractivity contribution in [3.63, 3.8) is 0 Å². The molecule has 23 heavy (non-hydrogen) atoms. The van der Waals surface area contributed by atoms with Gasteiger partial charge in [0.15, 0.2) is 5.69 Å². The molecule has 1 saturated carbocycles. The average molecular weight is 327 g/mol. The summed E-state index contributed by atoms with van der Waals surface area (Å²) in [7, 11) is 0. The Hall–Kier alpha value is -1.79. The van der Waals surface area contributed by atoms with Crippen LogP contribution in [0.2, 0.25) is 0 Å². The first-order chi connectivity index (χ1) is 10.9. The predicted octanol–water partition coefficient (Wildman–Crippen LogP) is 3.25. The van der Waals surface area contributed by atoms with Crippen LogP contribution in [0.4, 0.5) is 13.2 Å². The van der Waals surface area contributed by atoms with Gasteiger partial charge in [-0.25, -0.2) is 0 Å². The van der Waals surface area contributed by atoms with Gasteiger partial charge in [-0.15, -0.1) is 0 Å². The Morgan fingerprint density at radius 1 is 1.30 bits per heavy atom. The smallest absolute Gasteiger partial charge is 0.354 e. The van der Waals surface area contributed by atoms with Crippen LogP contribution in [0.15, 0.2) is 18.2 Å². The summed E-state index contributed by atoms with van der Waals surface area (Å²) in [6, 6.07) is 1.14. The zero-order valence-corrected chi connectivity index (χ0v) is 12.8. The molecule has 1 fully saturated rings. The molecule has 4 nitrogen and oxygen atoms in total. The quantitative estimate of drug-likeness (QED) is 0.844. The molecular weight excluding hydrogens is 307 g/mol. The van der Waals surface area contributed by atoms with E-state index in [0.29, 0.717) is 12.2 Å². The zero-order chi connectivity index (χ0) is 16.4. The Balaban J connectivity index is 1.58. The van der Waals surface area contributed by atoms with Crippen molar-refractivity contribution in [2.45, 2.75) is 50.7 Å². The third-order valence-corrected chi connectivity index (χ3v) is 4.36. The van der Waals surface area contributed by atoms with Gasteiger partial charge in [0.2, 0.25) is 5.91 Å². The highest BCUT2D eigenvalue weighted by atomic mass is 19.4. The lowest BCUT2D eigenvalue weighted by Crippen LogP contribution is -2.33. The molecule has 0 spiro atoms. The molecule has 0 aromatic carbocycles. The SMILES string of the molecule is O=C(NCCn1nc(C(F)(F)F)cc1C1CC1)[C@@H]1CC=CCC1. The molecule has 0 unspecified atom stereocenters. The number of aromatic nitrogens is 2. The first-order valence-electron chi connectivity index (χ1n) is 8.03. The second-order valence-electron chi connectivity index (χ2n) is 6.22. The molecule has 2 aliphatic carbocycles. The zero-order valence-electron chi connectivity index (χ0n) is 12.8. The molecule has 1 heterocycles. The van der Waals surface area contributed by atoms with E-state index in [1.54, 1.807) is 0 Å². The Morgan fingerprint density at radius 3 is 2.70 bits per heavy atom. The van der Waals surface area contributed by atoms with Crippen molar-refractivity contribution in [1.82, 2.24) is 15.1 Å². The molecule has 0 saturated heterocycles. The van der Waals surface area contributed by atoms with Gasteiger partial charge in [0.1, 0.15) is 0 Å². The molecule has 0 radical (unpaired) electrons. The van der Waals surface area contributed by atoms with E-state index in [1.165, 1.54) is 4.68 Å². The molecule has 1 atom stereocenters. The van der Waals surface area contributed by atoms with E-state index in [0.717, 1.165) is 38.2 Å². The fourth-order valence-corrected chi connectivity index (χ4v) is 2.92. The van der Waals surface area contributed by atoms with E-state index in [1.807, 2.05) is 6.08 Å². The van der Waals surface area contributed by atoms with E-state index in [-0.39, 0.29) is 24.3 Å². The number of nitrogens with one attached hydrogen (secondary N) is 1. The van der Waals surface area contributed by atoms with Crippen molar-refractivity contribution in [2.24, 2.45) is 5.92 Å². The molecular formula is C16H20F3N3O. The summed E-state index contributed by atoms with van der Waals surface area (Å²) in [5.74, 6) is 0.134. The molecule has 126 valence electrons. The molecule has 1 aromatic rings. The molecule has 0 aliphatic heterocycles. The van der Waals surface area contributed by atoms with Crippen LogP contribution < -0.4 is 5.32 Å². The van der Waals surface area contributed by atoms with Crippen molar-refractivity contribution in [3.8, 4) is 0 Å². The van der Waals surface area contributed by atoms with Crippen LogP contribution >= 0.6 is 0 Å². The lowest BCUT2D eigenvalue weighted by Gasteiger charge is -2.17. The van der Waals surface area contributed by atoms with E-state index in [2.05, 4.69) is 16.5 Å². The van der Waals surface area contributed by atoms with Crippen molar-refractivity contribution < 1.29 is 18.0 Å². The lowest BCUT2D eigenvalue weighted by atomic mass is 9.94. The standard InChI is InChI=1S/C16H20F3N3O/c17-16(18,19)14-10-13(11-6-7-11)22(21-14)9-8-20-15(23)12-4-2-1-3-5-12/h1-2,10-12H,3-9H2,(H,20,23)/t12-/m1/s1. The number of rotatable bonds is 5. The van der Waals surface area contributed by atoms with Crippen LogP contribution in [0.25, 0.3) is 0 Å². The van der Waals surface area contributed by atoms with Gasteiger partial charge in [0.25, 0.3) is 0 Å². The second-order valence-corrected chi connectivity index (χ2v) is 6.22. The Morgan fingerprint density at radius 2 is 2.09 bits per heavy atom. The van der Waals surface area contributed by atoms with Crippen LogP contribution in [-0.2, 0) is 17.5 Å². The Bertz CT molecular complexity index is 602. The maximum absolute atomic E-state index is 12.8. The van der Waals surface area contributed by atoms with Gasteiger partial charge in [-0.1, -0.05) is 12.2 Å². The number of carbonyl (C=O) groups excluding carboxylic acids is 1. The molecule has 1 amide bonds. The average Bonchev–Trinajstić information content (AvgIpc) is 3.27. The number of hydrogen-bond donors (Lipinski definition) is 1. The first-order valence-corrected chi connectivity index (χ1v) is 8.03. The molecule has 0 bridgehead atoms. The topological polar surface area (TPSA) is 46.9 Å². The fraction of sp³-hybridized carbons (Fsp3) is 0.625. The Labute approximate surface area is 132 Å². The van der Waals surface area contributed by atoms with E-state index >= 15 is 0 Å². The van der Waals surface area contributed by atoms with Gasteiger partial charge >= 0.3 is 6.18 Å². The molecule has 3 rings (SSSR count). The van der Waals surface area contributed by atoms with Crippen molar-refractivity contribution in [2.75, 3.05) is 6.54 Å². The van der Waals surface area contributed by atoms with E-state index < -0.39 is 11.9 Å². The van der Waals surface area contributed by atoms with Gasteiger partial charge < -0.3 is 5.32 Å².